The second-order valence-corrected chi connectivity index (χ2v) is 4.19. The van der Waals surface area contributed by atoms with Crippen molar-refractivity contribution in [3.63, 3.8) is 0 Å². The average molecular weight is 227 g/mol. The van der Waals surface area contributed by atoms with Gasteiger partial charge in [-0.3, -0.25) is 10.3 Å². The number of nitrogens with zero attached hydrogens (tertiary/aromatic N) is 1. The summed E-state index contributed by atoms with van der Waals surface area (Å²) in [5.41, 5.74) is 3.27. The van der Waals surface area contributed by atoms with E-state index < -0.39 is 0 Å². The van der Waals surface area contributed by atoms with Crippen molar-refractivity contribution in [3.05, 3.63) is 65.7 Å². The van der Waals surface area contributed by atoms with Crippen LogP contribution in [0.5, 0.6) is 0 Å². The molecule has 0 bridgehead atoms. The van der Waals surface area contributed by atoms with Crippen LogP contribution in [0, 0.1) is 6.92 Å². The summed E-state index contributed by atoms with van der Waals surface area (Å²) in [6.07, 6.45) is 0.839. The van der Waals surface area contributed by atoms with Gasteiger partial charge in [0.05, 0.1) is 5.69 Å². The number of hydroxylamine groups is 1. The predicted octanol–water partition coefficient (Wildman–Crippen LogP) is 3.43. The van der Waals surface area contributed by atoms with Crippen molar-refractivity contribution in [1.82, 2.24) is 0 Å². The van der Waals surface area contributed by atoms with Crippen LogP contribution in [-0.4, -0.2) is 11.8 Å². The normalized spacial score (nSPS) is 10.2. The van der Waals surface area contributed by atoms with Gasteiger partial charge in [-0.1, -0.05) is 48.0 Å². The highest BCUT2D eigenvalue weighted by Gasteiger charge is 2.02. The second kappa shape index (κ2) is 5.51. The van der Waals surface area contributed by atoms with Crippen LogP contribution in [0.25, 0.3) is 0 Å². The van der Waals surface area contributed by atoms with Crippen molar-refractivity contribution in [2.24, 2.45) is 0 Å². The van der Waals surface area contributed by atoms with Gasteiger partial charge in [0.25, 0.3) is 0 Å². The molecule has 2 heteroatoms. The van der Waals surface area contributed by atoms with Crippen molar-refractivity contribution >= 4 is 5.69 Å². The van der Waals surface area contributed by atoms with Gasteiger partial charge in [-0.25, -0.2) is 0 Å². The van der Waals surface area contributed by atoms with Crippen molar-refractivity contribution in [2.45, 2.75) is 13.3 Å². The molecule has 0 spiro atoms. The minimum Gasteiger partial charge on any atom is -0.288 e. The molecule has 0 aliphatic heterocycles. The molecule has 17 heavy (non-hydrogen) atoms. The van der Waals surface area contributed by atoms with E-state index >= 15 is 0 Å². The topological polar surface area (TPSA) is 23.5 Å². The maximum absolute atomic E-state index is 9.91. The summed E-state index contributed by atoms with van der Waals surface area (Å²) in [6, 6.07) is 18.0. The Morgan fingerprint density at radius 2 is 1.59 bits per heavy atom. The van der Waals surface area contributed by atoms with Gasteiger partial charge in [-0.2, -0.15) is 0 Å². The van der Waals surface area contributed by atoms with Crippen molar-refractivity contribution in [3.8, 4) is 0 Å². The fourth-order valence-electron chi connectivity index (χ4n) is 1.73. The lowest BCUT2D eigenvalue weighted by Crippen LogP contribution is -2.20. The van der Waals surface area contributed by atoms with Crippen LogP contribution in [-0.2, 0) is 6.42 Å². The molecule has 0 fully saturated rings. The number of hydrogen-bond donors (Lipinski definition) is 1. The highest BCUT2D eigenvalue weighted by Crippen LogP contribution is 2.13. The minimum atomic E-state index is 0.604. The molecule has 1 N–H and O–H groups in total. The Hall–Kier alpha value is -1.80. The summed E-state index contributed by atoms with van der Waals surface area (Å²) in [4.78, 5) is 0. The molecule has 2 aromatic rings. The van der Waals surface area contributed by atoms with Gasteiger partial charge in [0.1, 0.15) is 0 Å². The van der Waals surface area contributed by atoms with Crippen LogP contribution in [0.2, 0.25) is 0 Å². The monoisotopic (exact) mass is 227 g/mol. The molecule has 0 heterocycles. The molecule has 2 rings (SSSR count). The molecule has 0 aromatic heterocycles. The quantitative estimate of drug-likeness (QED) is 0.809. The molecule has 0 aliphatic carbocycles. The van der Waals surface area contributed by atoms with Crippen LogP contribution in [0.4, 0.5) is 5.69 Å². The highest BCUT2D eigenvalue weighted by atomic mass is 16.5. The average Bonchev–Trinajstić information content (AvgIpc) is 2.38. The van der Waals surface area contributed by atoms with Crippen molar-refractivity contribution in [1.29, 1.82) is 0 Å². The van der Waals surface area contributed by atoms with Crippen LogP contribution in [0.15, 0.2) is 54.6 Å². The van der Waals surface area contributed by atoms with E-state index in [0.29, 0.717) is 6.54 Å². The van der Waals surface area contributed by atoms with Crippen molar-refractivity contribution < 1.29 is 5.21 Å². The van der Waals surface area contributed by atoms with Crippen LogP contribution >= 0.6 is 0 Å². The molecular formula is C15H17NO. The molecule has 0 radical (unpaired) electrons. The first kappa shape index (κ1) is 11.7. The Morgan fingerprint density at radius 3 is 2.24 bits per heavy atom. The van der Waals surface area contributed by atoms with Gasteiger partial charge in [0, 0.05) is 6.54 Å². The van der Waals surface area contributed by atoms with E-state index in [9.17, 15) is 5.21 Å². The van der Waals surface area contributed by atoms with Gasteiger partial charge >= 0.3 is 0 Å². The van der Waals surface area contributed by atoms with E-state index in [2.05, 4.69) is 12.1 Å². The first-order valence-electron chi connectivity index (χ1n) is 5.83. The third-order valence-corrected chi connectivity index (χ3v) is 2.79. The summed E-state index contributed by atoms with van der Waals surface area (Å²) in [7, 11) is 0. The lowest BCUT2D eigenvalue weighted by Gasteiger charge is -2.17. The third-order valence-electron chi connectivity index (χ3n) is 2.79. The van der Waals surface area contributed by atoms with Crippen LogP contribution < -0.4 is 5.06 Å². The van der Waals surface area contributed by atoms with Crippen LogP contribution in [0.1, 0.15) is 11.1 Å². The molecular weight excluding hydrogens is 210 g/mol. The molecule has 0 saturated carbocycles. The molecule has 0 atom stereocenters. The fourth-order valence-corrected chi connectivity index (χ4v) is 1.73. The van der Waals surface area contributed by atoms with E-state index in [-0.39, 0.29) is 0 Å². The smallest absolute Gasteiger partial charge is 0.0634 e. The lowest BCUT2D eigenvalue weighted by atomic mass is 10.1. The second-order valence-electron chi connectivity index (χ2n) is 4.19. The number of rotatable bonds is 4. The number of hydrogen-bond acceptors (Lipinski definition) is 2. The first-order chi connectivity index (χ1) is 8.25. The summed E-state index contributed by atoms with van der Waals surface area (Å²) in [5, 5.41) is 11.2. The standard InChI is InChI=1S/C15H17NO/c1-13-7-9-15(10-8-13)16(17)12-11-14-5-3-2-4-6-14/h2-10,17H,11-12H2,1H3. The molecule has 88 valence electrons. The summed E-state index contributed by atoms with van der Waals surface area (Å²) >= 11 is 0. The first-order valence-corrected chi connectivity index (χ1v) is 5.83. The summed E-state index contributed by atoms with van der Waals surface area (Å²) in [5.74, 6) is 0. The molecule has 2 nitrogen and oxygen atoms in total. The maximum atomic E-state index is 9.91. The van der Waals surface area contributed by atoms with Crippen LogP contribution in [0.3, 0.4) is 0 Å². The maximum Gasteiger partial charge on any atom is 0.0634 e. The molecule has 0 unspecified atom stereocenters. The molecule has 2 aromatic carbocycles. The van der Waals surface area contributed by atoms with Gasteiger partial charge in [0.15, 0.2) is 0 Å². The number of anilines is 1. The van der Waals surface area contributed by atoms with Crippen molar-refractivity contribution in [2.75, 3.05) is 11.6 Å². The third kappa shape index (κ3) is 3.33. The van der Waals surface area contributed by atoms with E-state index in [1.165, 1.54) is 16.2 Å². The van der Waals surface area contributed by atoms with E-state index in [0.717, 1.165) is 12.1 Å². The Bertz CT molecular complexity index is 450. The predicted molar refractivity (Wildman–Crippen MR) is 70.5 cm³/mol. The SMILES string of the molecule is Cc1ccc(N(O)CCc2ccccc2)cc1. The molecule has 0 saturated heterocycles. The van der Waals surface area contributed by atoms with E-state index in [4.69, 9.17) is 0 Å². The zero-order chi connectivity index (χ0) is 12.1. The van der Waals surface area contributed by atoms with Gasteiger partial charge < -0.3 is 0 Å². The Morgan fingerprint density at radius 1 is 0.941 bits per heavy atom. The van der Waals surface area contributed by atoms with Gasteiger partial charge in [-0.05, 0) is 31.0 Å². The van der Waals surface area contributed by atoms with Gasteiger partial charge in [-0.15, -0.1) is 0 Å². The number of benzene rings is 2. The summed E-state index contributed by atoms with van der Waals surface area (Å²) in [6.45, 7) is 2.64. The van der Waals surface area contributed by atoms with Gasteiger partial charge in [0.2, 0.25) is 0 Å². The lowest BCUT2D eigenvalue weighted by molar-refractivity contribution is 0.255. The molecule has 0 aliphatic rings. The Labute approximate surface area is 102 Å². The zero-order valence-corrected chi connectivity index (χ0v) is 10.0. The zero-order valence-electron chi connectivity index (χ0n) is 10.0. The largest absolute Gasteiger partial charge is 0.288 e. The minimum absolute atomic E-state index is 0.604. The fraction of sp³-hybridized carbons (Fsp3) is 0.200. The summed E-state index contributed by atoms with van der Waals surface area (Å²) < 4.78 is 0. The molecule has 0 amide bonds. The highest BCUT2D eigenvalue weighted by molar-refractivity contribution is 5.44. The van der Waals surface area contributed by atoms with E-state index in [1.54, 1.807) is 0 Å². The van der Waals surface area contributed by atoms with E-state index in [1.807, 2.05) is 49.4 Å². The Kier molecular flexibility index (Phi) is 3.78. The Balaban J connectivity index is 1.93. The number of aryl methyl sites for hydroxylation is 1.